The lowest BCUT2D eigenvalue weighted by Gasteiger charge is -2.39. The van der Waals surface area contributed by atoms with Gasteiger partial charge in [-0.15, -0.1) is 0 Å². The number of halogens is 5. The second kappa shape index (κ2) is 12.9. The number of amides is 2. The smallest absolute Gasteiger partial charge is 0.278 e. The van der Waals surface area contributed by atoms with Gasteiger partial charge in [-0.2, -0.15) is 0 Å². The number of carbonyl (C=O) groups is 2. The van der Waals surface area contributed by atoms with Gasteiger partial charge >= 0.3 is 0 Å². The molecule has 2 fully saturated rings. The largest absolute Gasteiger partial charge is 0.507 e. The summed E-state index contributed by atoms with van der Waals surface area (Å²) in [6.07, 6.45) is 5.85. The van der Waals surface area contributed by atoms with Crippen LogP contribution < -0.4 is 10.4 Å². The summed E-state index contributed by atoms with van der Waals surface area (Å²) in [5.74, 6) is -12.3. The zero-order valence-corrected chi connectivity index (χ0v) is 23.6. The maximum Gasteiger partial charge on any atom is 0.278 e. The van der Waals surface area contributed by atoms with Crippen molar-refractivity contribution >= 4 is 29.4 Å². The fourth-order valence-electron chi connectivity index (χ4n) is 5.43. The van der Waals surface area contributed by atoms with Crippen molar-refractivity contribution in [3.63, 3.8) is 0 Å². The third-order valence-corrected chi connectivity index (χ3v) is 8.99. The van der Waals surface area contributed by atoms with Crippen molar-refractivity contribution in [3.05, 3.63) is 88.2 Å². The molecular weight excluding hydrogens is 593 g/mol. The Morgan fingerprint density at radius 3 is 2.07 bits per heavy atom. The number of hydroxylamine groups is 1. The van der Waals surface area contributed by atoms with Crippen molar-refractivity contribution in [2.45, 2.75) is 49.5 Å². The number of benzene rings is 3. The van der Waals surface area contributed by atoms with Gasteiger partial charge in [-0.1, -0.05) is 43.5 Å². The van der Waals surface area contributed by atoms with Crippen LogP contribution in [-0.2, 0) is 11.3 Å². The van der Waals surface area contributed by atoms with E-state index >= 15 is 0 Å². The molecule has 0 radical (unpaired) electrons. The third-order valence-electron chi connectivity index (χ3n) is 7.89. The van der Waals surface area contributed by atoms with E-state index in [1.165, 1.54) is 57.7 Å². The van der Waals surface area contributed by atoms with Crippen molar-refractivity contribution < 1.29 is 41.9 Å². The molecule has 2 aliphatic rings. The van der Waals surface area contributed by atoms with Crippen molar-refractivity contribution in [2.75, 3.05) is 18.0 Å². The van der Waals surface area contributed by atoms with Gasteiger partial charge in [0.05, 0.1) is 18.0 Å². The van der Waals surface area contributed by atoms with Crippen LogP contribution in [0.1, 0.15) is 59.5 Å². The summed E-state index contributed by atoms with van der Waals surface area (Å²) in [5.41, 5.74) is 3.48. The van der Waals surface area contributed by atoms with Gasteiger partial charge in [-0.25, -0.2) is 31.7 Å². The van der Waals surface area contributed by atoms with Crippen LogP contribution in [0.4, 0.5) is 27.6 Å². The minimum Gasteiger partial charge on any atom is -0.507 e. The minimum absolute atomic E-state index is 0.0445. The third kappa shape index (κ3) is 6.34. The summed E-state index contributed by atoms with van der Waals surface area (Å²) >= 11 is 0.336. The van der Waals surface area contributed by atoms with Crippen LogP contribution in [0.5, 0.6) is 5.75 Å². The first-order valence-corrected chi connectivity index (χ1v) is 14.5. The van der Waals surface area contributed by atoms with E-state index in [0.29, 0.717) is 17.9 Å². The van der Waals surface area contributed by atoms with Crippen molar-refractivity contribution in [1.29, 1.82) is 0 Å². The molecule has 3 N–H and O–H groups in total. The monoisotopic (exact) mass is 621 g/mol. The Kier molecular flexibility index (Phi) is 9.23. The van der Waals surface area contributed by atoms with Crippen LogP contribution in [0.15, 0.2) is 47.4 Å². The number of aromatic hydroxyl groups is 1. The molecule has 0 aromatic heterocycles. The molecule has 228 valence electrons. The molecule has 0 spiro atoms. The van der Waals surface area contributed by atoms with E-state index < -0.39 is 57.5 Å². The predicted octanol–water partition coefficient (Wildman–Crippen LogP) is 6.43. The van der Waals surface area contributed by atoms with Crippen molar-refractivity contribution in [1.82, 2.24) is 9.79 Å². The molecule has 1 aliphatic heterocycles. The number of hydrogen-bond acceptors (Lipinski definition) is 6. The van der Waals surface area contributed by atoms with E-state index in [-0.39, 0.29) is 30.9 Å². The molecule has 1 heterocycles. The number of rotatable bonds is 8. The van der Waals surface area contributed by atoms with E-state index in [0.717, 1.165) is 18.4 Å². The number of hydrogen-bond donors (Lipinski definition) is 3. The SMILES string of the molecule is O=C(NO)c1ccc(N(Cc2ccc(C3CCCCC3)cc2)C(=O)C2CN(Sc3c(F)c(F)c(F)c(F)c3F)C2)cc1O. The quantitative estimate of drug-likeness (QED) is 0.0671. The van der Waals surface area contributed by atoms with E-state index in [2.05, 4.69) is 0 Å². The molecule has 0 bridgehead atoms. The van der Waals surface area contributed by atoms with Crippen LogP contribution in [-0.4, -0.2) is 39.5 Å². The summed E-state index contributed by atoms with van der Waals surface area (Å²) in [4.78, 5) is 25.9. The lowest BCUT2D eigenvalue weighted by Crippen LogP contribution is -2.51. The predicted molar refractivity (Wildman–Crippen MR) is 148 cm³/mol. The lowest BCUT2D eigenvalue weighted by molar-refractivity contribution is -0.125. The number of phenols is 1. The number of anilines is 1. The number of nitrogens with one attached hydrogen (secondary N) is 1. The van der Waals surface area contributed by atoms with Crippen LogP contribution in [0.2, 0.25) is 0 Å². The summed E-state index contributed by atoms with van der Waals surface area (Å²) in [7, 11) is 0. The average Bonchev–Trinajstić information content (AvgIpc) is 3.00. The summed E-state index contributed by atoms with van der Waals surface area (Å²) in [5, 5.41) is 19.3. The van der Waals surface area contributed by atoms with Gasteiger partial charge in [0.25, 0.3) is 5.91 Å². The fraction of sp³-hybridized carbons (Fsp3) is 0.333. The van der Waals surface area contributed by atoms with Gasteiger partial charge in [0.15, 0.2) is 23.3 Å². The topological polar surface area (TPSA) is 93.1 Å². The van der Waals surface area contributed by atoms with Crippen molar-refractivity contribution in [3.8, 4) is 5.75 Å². The molecule has 3 aromatic rings. The molecular formula is C30H28F5N3O4S. The first-order chi connectivity index (χ1) is 20.6. The standard InChI is InChI=1S/C30H28F5N3O4S/c31-23-24(32)26(34)28(27(35)25(23)33)43-37-14-19(15-37)30(41)38(20-10-11-21(22(39)12-20)29(40)36-42)13-16-6-8-18(9-7-16)17-4-2-1-3-5-17/h6-12,17,19,39,42H,1-5,13-15H2,(H,36,40). The van der Waals surface area contributed by atoms with Crippen LogP contribution >= 0.6 is 11.9 Å². The summed E-state index contributed by atoms with van der Waals surface area (Å²) < 4.78 is 70.3. The second-order valence-corrected chi connectivity index (χ2v) is 11.8. The Bertz CT molecular complexity index is 1500. The highest BCUT2D eigenvalue weighted by Crippen LogP contribution is 2.38. The van der Waals surface area contributed by atoms with Gasteiger partial charge in [-0.05, 0) is 54.0 Å². The molecule has 1 saturated carbocycles. The van der Waals surface area contributed by atoms with Gasteiger partial charge < -0.3 is 10.0 Å². The molecule has 2 amide bonds. The van der Waals surface area contributed by atoms with Crippen LogP contribution in [0.25, 0.3) is 0 Å². The molecule has 13 heteroatoms. The van der Waals surface area contributed by atoms with Gasteiger partial charge in [-0.3, -0.25) is 14.8 Å². The molecule has 0 atom stereocenters. The van der Waals surface area contributed by atoms with E-state index in [4.69, 9.17) is 5.21 Å². The minimum atomic E-state index is -2.25. The van der Waals surface area contributed by atoms with Crippen LogP contribution in [0, 0.1) is 35.0 Å². The average molecular weight is 622 g/mol. The van der Waals surface area contributed by atoms with Crippen LogP contribution in [0.3, 0.4) is 0 Å². The maximum absolute atomic E-state index is 14.2. The van der Waals surface area contributed by atoms with E-state index in [1.807, 2.05) is 24.3 Å². The summed E-state index contributed by atoms with van der Waals surface area (Å²) in [6, 6.07) is 11.8. The first kappa shape index (κ1) is 30.8. The number of nitrogens with zero attached hydrogens (tertiary/aromatic N) is 2. The molecule has 0 unspecified atom stereocenters. The molecule has 1 aliphatic carbocycles. The highest BCUT2D eigenvalue weighted by atomic mass is 32.2. The fourth-order valence-corrected chi connectivity index (χ4v) is 6.54. The van der Waals surface area contributed by atoms with Gasteiger partial charge in [0, 0.05) is 24.8 Å². The molecule has 7 nitrogen and oxygen atoms in total. The van der Waals surface area contributed by atoms with E-state index in [1.54, 1.807) is 0 Å². The Labute approximate surface area is 248 Å². The summed E-state index contributed by atoms with van der Waals surface area (Å²) in [6.45, 7) is 0.00421. The first-order valence-electron chi connectivity index (χ1n) is 13.7. The molecule has 3 aromatic carbocycles. The Morgan fingerprint density at radius 2 is 1.49 bits per heavy atom. The number of phenolic OH excluding ortho intramolecular Hbond substituents is 1. The molecule has 5 rings (SSSR count). The lowest BCUT2D eigenvalue weighted by atomic mass is 9.84. The zero-order valence-electron chi connectivity index (χ0n) is 22.8. The Morgan fingerprint density at radius 1 is 0.884 bits per heavy atom. The van der Waals surface area contributed by atoms with E-state index in [9.17, 15) is 36.6 Å². The zero-order chi connectivity index (χ0) is 30.8. The molecule has 1 saturated heterocycles. The maximum atomic E-state index is 14.2. The highest BCUT2D eigenvalue weighted by Gasteiger charge is 2.39. The van der Waals surface area contributed by atoms with Crippen molar-refractivity contribution in [2.24, 2.45) is 5.92 Å². The normalized spacial score (nSPS) is 16.1. The molecule has 43 heavy (non-hydrogen) atoms. The number of carbonyl (C=O) groups excluding carboxylic acids is 2. The Balaban J connectivity index is 1.35. The van der Waals surface area contributed by atoms with Gasteiger partial charge in [0.1, 0.15) is 10.6 Å². The second-order valence-electron chi connectivity index (χ2n) is 10.7. The van der Waals surface area contributed by atoms with Gasteiger partial charge in [0.2, 0.25) is 11.7 Å². The highest BCUT2D eigenvalue weighted by molar-refractivity contribution is 7.97. The Hall–Kier alpha value is -3.68.